The number of carbonyl (C=O) groups excluding carboxylic acids is 1. The third kappa shape index (κ3) is 3.48. The molecule has 0 spiro atoms. The average Bonchev–Trinajstić information content (AvgIpc) is 2.92. The van der Waals surface area contributed by atoms with Gasteiger partial charge >= 0.3 is 5.97 Å². The zero-order chi connectivity index (χ0) is 16.1. The van der Waals surface area contributed by atoms with Crippen molar-refractivity contribution in [3.05, 3.63) is 23.8 Å². The second kappa shape index (κ2) is 7.12. The van der Waals surface area contributed by atoms with Crippen LogP contribution in [0, 0.1) is 0 Å². The zero-order valence-electron chi connectivity index (χ0n) is 12.7. The van der Waals surface area contributed by atoms with E-state index < -0.39 is 5.97 Å². The van der Waals surface area contributed by atoms with Gasteiger partial charge < -0.3 is 18.8 Å². The Bertz CT molecular complexity index is 652. The maximum Gasteiger partial charge on any atom is 0.356 e. The number of thioether (sulfide) groups is 1. The van der Waals surface area contributed by atoms with Crippen LogP contribution in [0.2, 0.25) is 0 Å². The first-order valence-electron chi connectivity index (χ1n) is 6.27. The first-order valence-corrected chi connectivity index (χ1v) is 7.26. The molecule has 2 aromatic rings. The molecule has 0 unspecified atom stereocenters. The molecule has 8 nitrogen and oxygen atoms in total. The van der Waals surface area contributed by atoms with E-state index in [1.807, 2.05) is 0 Å². The summed E-state index contributed by atoms with van der Waals surface area (Å²) in [5, 5.41) is 0.658. The summed E-state index contributed by atoms with van der Waals surface area (Å²) in [4.78, 5) is 24.2. The number of imidazole rings is 1. The zero-order valence-corrected chi connectivity index (χ0v) is 13.5. The largest absolute Gasteiger partial charge is 0.481 e. The highest BCUT2D eigenvalue weighted by Crippen LogP contribution is 2.23. The van der Waals surface area contributed by atoms with Gasteiger partial charge in [0.05, 0.1) is 39.3 Å². The lowest BCUT2D eigenvalue weighted by Gasteiger charge is -2.06. The maximum absolute atomic E-state index is 11.5. The molecule has 22 heavy (non-hydrogen) atoms. The Morgan fingerprint density at radius 3 is 2.41 bits per heavy atom. The van der Waals surface area contributed by atoms with E-state index in [-0.39, 0.29) is 0 Å². The topological polar surface area (TPSA) is 88.4 Å². The first kappa shape index (κ1) is 16.1. The van der Waals surface area contributed by atoms with Gasteiger partial charge in [0, 0.05) is 7.05 Å². The number of nitrogens with zero attached hydrogens (tertiary/aromatic N) is 4. The van der Waals surface area contributed by atoms with Crippen molar-refractivity contribution in [1.29, 1.82) is 0 Å². The maximum atomic E-state index is 11.5. The number of ether oxygens (including phenoxy) is 3. The van der Waals surface area contributed by atoms with Gasteiger partial charge in [0.25, 0.3) is 0 Å². The molecule has 2 heterocycles. The minimum atomic E-state index is -0.429. The van der Waals surface area contributed by atoms with E-state index in [2.05, 4.69) is 19.7 Å². The van der Waals surface area contributed by atoms with Gasteiger partial charge in [-0.2, -0.15) is 9.97 Å². The summed E-state index contributed by atoms with van der Waals surface area (Å²) in [6.45, 7) is 0. The first-order chi connectivity index (χ1) is 10.6. The van der Waals surface area contributed by atoms with E-state index in [4.69, 9.17) is 9.47 Å². The minimum absolute atomic E-state index is 0.383. The van der Waals surface area contributed by atoms with Gasteiger partial charge in [0.2, 0.25) is 11.8 Å². The van der Waals surface area contributed by atoms with Gasteiger partial charge in [0.1, 0.15) is 11.5 Å². The van der Waals surface area contributed by atoms with Crippen LogP contribution in [0.1, 0.15) is 16.3 Å². The van der Waals surface area contributed by atoms with Crippen molar-refractivity contribution in [2.75, 3.05) is 21.3 Å². The summed E-state index contributed by atoms with van der Waals surface area (Å²) >= 11 is 1.40. The predicted molar refractivity (Wildman–Crippen MR) is 79.2 cm³/mol. The molecule has 0 aliphatic carbocycles. The van der Waals surface area contributed by atoms with Crippen molar-refractivity contribution in [2.45, 2.75) is 10.9 Å². The van der Waals surface area contributed by atoms with Crippen LogP contribution in [-0.4, -0.2) is 46.8 Å². The molecule has 118 valence electrons. The third-order valence-corrected chi connectivity index (χ3v) is 3.85. The molecule has 0 saturated carbocycles. The van der Waals surface area contributed by atoms with Crippen LogP contribution in [0.3, 0.4) is 0 Å². The number of hydrogen-bond acceptors (Lipinski definition) is 8. The third-order valence-electron chi connectivity index (χ3n) is 2.81. The molecule has 2 rings (SSSR count). The lowest BCUT2D eigenvalue weighted by molar-refractivity contribution is 0.0589. The fourth-order valence-corrected chi connectivity index (χ4v) is 2.48. The van der Waals surface area contributed by atoms with Crippen molar-refractivity contribution in [3.8, 4) is 11.8 Å². The Kier molecular flexibility index (Phi) is 5.21. The van der Waals surface area contributed by atoms with E-state index in [1.165, 1.54) is 39.3 Å². The molecule has 0 radical (unpaired) electrons. The highest BCUT2D eigenvalue weighted by Gasteiger charge is 2.15. The van der Waals surface area contributed by atoms with Gasteiger partial charge in [-0.3, -0.25) is 0 Å². The Hall–Kier alpha value is -2.29. The molecule has 0 aliphatic rings. The molecule has 0 aliphatic heterocycles. The van der Waals surface area contributed by atoms with Crippen LogP contribution < -0.4 is 9.47 Å². The normalized spacial score (nSPS) is 10.4. The molecule has 0 atom stereocenters. The van der Waals surface area contributed by atoms with Crippen molar-refractivity contribution in [3.63, 3.8) is 0 Å². The van der Waals surface area contributed by atoms with Crippen LogP contribution in [0.15, 0.2) is 17.4 Å². The highest BCUT2D eigenvalue weighted by atomic mass is 32.2. The van der Waals surface area contributed by atoms with Gasteiger partial charge in [-0.15, -0.1) is 0 Å². The van der Waals surface area contributed by atoms with Crippen LogP contribution in [-0.2, 0) is 17.5 Å². The molecule has 0 fully saturated rings. The molecule has 0 saturated heterocycles. The summed E-state index contributed by atoms with van der Waals surface area (Å²) < 4.78 is 16.5. The molecular formula is C13H16N4O4S. The Labute approximate surface area is 131 Å². The van der Waals surface area contributed by atoms with Gasteiger partial charge in [-0.25, -0.2) is 9.78 Å². The lowest BCUT2D eigenvalue weighted by Crippen LogP contribution is -2.08. The molecule has 9 heteroatoms. The van der Waals surface area contributed by atoms with E-state index >= 15 is 0 Å². The number of hydrogen-bond donors (Lipinski definition) is 0. The predicted octanol–water partition coefficient (Wildman–Crippen LogP) is 1.31. The summed E-state index contributed by atoms with van der Waals surface area (Å²) in [5.41, 5.74) is 0.383. The van der Waals surface area contributed by atoms with Crippen molar-refractivity contribution >= 4 is 17.7 Å². The summed E-state index contributed by atoms with van der Waals surface area (Å²) in [7, 11) is 6.13. The quantitative estimate of drug-likeness (QED) is 0.580. The molecule has 2 aromatic heterocycles. The Morgan fingerprint density at radius 2 is 1.86 bits per heavy atom. The minimum Gasteiger partial charge on any atom is -0.481 e. The lowest BCUT2D eigenvalue weighted by atomic mass is 10.5. The fourth-order valence-electron chi connectivity index (χ4n) is 1.67. The van der Waals surface area contributed by atoms with Crippen LogP contribution in [0.5, 0.6) is 11.8 Å². The smallest absolute Gasteiger partial charge is 0.356 e. The number of aromatic nitrogens is 4. The SMILES string of the molecule is COC(=O)c1cnc(SCc2nc(OC)cc(OC)n2)n1C. The summed E-state index contributed by atoms with van der Waals surface area (Å²) in [5.74, 6) is 1.43. The Morgan fingerprint density at radius 1 is 1.23 bits per heavy atom. The van der Waals surface area contributed by atoms with E-state index in [1.54, 1.807) is 17.7 Å². The average molecular weight is 324 g/mol. The molecular weight excluding hydrogens is 308 g/mol. The second-order valence-corrected chi connectivity index (χ2v) is 5.08. The van der Waals surface area contributed by atoms with Crippen molar-refractivity contribution in [2.24, 2.45) is 7.05 Å². The van der Waals surface area contributed by atoms with Crippen LogP contribution in [0.4, 0.5) is 0 Å². The number of carbonyl (C=O) groups is 1. The fraction of sp³-hybridized carbons (Fsp3) is 0.385. The van der Waals surface area contributed by atoms with Gasteiger partial charge in [-0.1, -0.05) is 11.8 Å². The Balaban J connectivity index is 2.13. The van der Waals surface area contributed by atoms with E-state index in [9.17, 15) is 4.79 Å². The van der Waals surface area contributed by atoms with Gasteiger partial charge in [0.15, 0.2) is 5.16 Å². The molecule has 0 aromatic carbocycles. The van der Waals surface area contributed by atoms with Crippen LogP contribution in [0.25, 0.3) is 0 Å². The molecule has 0 bridgehead atoms. The molecule has 0 amide bonds. The van der Waals surface area contributed by atoms with E-state index in [0.29, 0.717) is 34.2 Å². The number of methoxy groups -OCH3 is 3. The summed E-state index contributed by atoms with van der Waals surface area (Å²) in [6.07, 6.45) is 1.47. The van der Waals surface area contributed by atoms with E-state index in [0.717, 1.165) is 0 Å². The summed E-state index contributed by atoms with van der Waals surface area (Å²) in [6, 6.07) is 1.60. The van der Waals surface area contributed by atoms with Crippen molar-refractivity contribution in [1.82, 2.24) is 19.5 Å². The van der Waals surface area contributed by atoms with Crippen LogP contribution >= 0.6 is 11.8 Å². The second-order valence-electron chi connectivity index (χ2n) is 4.13. The molecule has 0 N–H and O–H groups in total. The van der Waals surface area contributed by atoms with Crippen molar-refractivity contribution < 1.29 is 19.0 Å². The highest BCUT2D eigenvalue weighted by molar-refractivity contribution is 7.98. The number of rotatable bonds is 6. The van der Waals surface area contributed by atoms with Gasteiger partial charge in [-0.05, 0) is 0 Å². The number of esters is 1. The standard InChI is InChI=1S/C13H16N4O4S/c1-17-8(12(18)21-4)6-14-13(17)22-7-9-15-10(19-2)5-11(16-9)20-3/h5-6H,7H2,1-4H3. The monoisotopic (exact) mass is 324 g/mol.